The Balaban J connectivity index is 1.59. The van der Waals surface area contributed by atoms with Crippen molar-refractivity contribution < 1.29 is 9.53 Å². The normalized spacial score (nSPS) is 14.7. The van der Waals surface area contributed by atoms with E-state index in [1.165, 1.54) is 4.88 Å². The molecule has 0 saturated heterocycles. The zero-order chi connectivity index (χ0) is 18.5. The lowest BCUT2D eigenvalue weighted by Crippen LogP contribution is -2.33. The van der Waals surface area contributed by atoms with Crippen molar-refractivity contribution in [2.75, 3.05) is 27.2 Å². The maximum Gasteiger partial charge on any atom is 0.244 e. The first-order valence-electron chi connectivity index (χ1n) is 8.31. The number of rotatable bonds is 6. The van der Waals surface area contributed by atoms with Crippen LogP contribution >= 0.6 is 22.9 Å². The maximum atomic E-state index is 12.2. The lowest BCUT2D eigenvalue weighted by atomic mass is 10.1. The van der Waals surface area contributed by atoms with Crippen molar-refractivity contribution >= 4 is 34.9 Å². The zero-order valence-electron chi connectivity index (χ0n) is 14.7. The third kappa shape index (κ3) is 4.75. The summed E-state index contributed by atoms with van der Waals surface area (Å²) in [6.07, 6.45) is 5.32. The van der Waals surface area contributed by atoms with Gasteiger partial charge >= 0.3 is 0 Å². The molecule has 0 spiro atoms. The second kappa shape index (κ2) is 8.54. The molecule has 0 radical (unpaired) electrons. The van der Waals surface area contributed by atoms with E-state index in [2.05, 4.69) is 16.3 Å². The molecule has 1 aromatic carbocycles. The second-order valence-corrected chi connectivity index (χ2v) is 7.68. The van der Waals surface area contributed by atoms with Gasteiger partial charge in [0.05, 0.1) is 6.04 Å². The lowest BCUT2D eigenvalue weighted by molar-refractivity contribution is -0.116. The summed E-state index contributed by atoms with van der Waals surface area (Å²) in [5.74, 6) is 0.687. The van der Waals surface area contributed by atoms with Crippen molar-refractivity contribution in [3.8, 4) is 5.75 Å². The quantitative estimate of drug-likeness (QED) is 0.756. The largest absolute Gasteiger partial charge is 0.488 e. The van der Waals surface area contributed by atoms with Crippen LogP contribution in [0.4, 0.5) is 0 Å². The molecule has 0 fully saturated rings. The Hall–Kier alpha value is -2.08. The standard InChI is InChI=1S/C20H21ClN2O2S/c1-23(2)17(19-4-3-9-26-19)12-22-20(24)8-5-14-10-15-11-16(21)6-7-18(15)25-13-14/h3-11,17H,12-13H2,1-2H3,(H,22,24)/b8-5+. The van der Waals surface area contributed by atoms with Gasteiger partial charge in [0.1, 0.15) is 12.4 Å². The van der Waals surface area contributed by atoms with Crippen molar-refractivity contribution in [3.63, 3.8) is 0 Å². The summed E-state index contributed by atoms with van der Waals surface area (Å²) < 4.78 is 5.69. The van der Waals surface area contributed by atoms with E-state index in [9.17, 15) is 4.79 Å². The van der Waals surface area contributed by atoms with Crippen molar-refractivity contribution in [2.24, 2.45) is 0 Å². The second-order valence-electron chi connectivity index (χ2n) is 6.26. The van der Waals surface area contributed by atoms with Gasteiger partial charge < -0.3 is 15.0 Å². The topological polar surface area (TPSA) is 41.6 Å². The molecule has 136 valence electrons. The average Bonchev–Trinajstić information content (AvgIpc) is 3.13. The Bertz CT molecular complexity index is 828. The average molecular weight is 389 g/mol. The molecule has 1 N–H and O–H groups in total. The Morgan fingerprint density at radius 1 is 1.42 bits per heavy atom. The molecule has 1 aliphatic rings. The number of nitrogens with one attached hydrogen (secondary N) is 1. The van der Waals surface area contributed by atoms with Crippen LogP contribution in [0.1, 0.15) is 16.5 Å². The summed E-state index contributed by atoms with van der Waals surface area (Å²) in [6, 6.07) is 9.79. The summed E-state index contributed by atoms with van der Waals surface area (Å²) in [5, 5.41) is 5.68. The van der Waals surface area contributed by atoms with Gasteiger partial charge in [-0.2, -0.15) is 0 Å². The van der Waals surface area contributed by atoms with E-state index < -0.39 is 0 Å². The van der Waals surface area contributed by atoms with E-state index >= 15 is 0 Å². The number of amides is 1. The fourth-order valence-corrected chi connectivity index (χ4v) is 3.82. The van der Waals surface area contributed by atoms with Gasteiger partial charge in [-0.3, -0.25) is 4.79 Å². The summed E-state index contributed by atoms with van der Waals surface area (Å²) >= 11 is 7.71. The van der Waals surface area contributed by atoms with E-state index in [0.29, 0.717) is 18.2 Å². The first kappa shape index (κ1) is 18.7. The predicted molar refractivity (Wildman–Crippen MR) is 108 cm³/mol. The minimum Gasteiger partial charge on any atom is -0.488 e. The molecule has 0 saturated carbocycles. The number of likely N-dealkylation sites (N-methyl/N-ethyl adjacent to an activating group) is 1. The third-order valence-corrected chi connectivity index (χ3v) is 5.33. The van der Waals surface area contributed by atoms with Gasteiger partial charge in [-0.05, 0) is 55.4 Å². The predicted octanol–water partition coefficient (Wildman–Crippen LogP) is 4.15. The molecular formula is C20H21ClN2O2S. The van der Waals surface area contributed by atoms with Gasteiger partial charge in [0.25, 0.3) is 0 Å². The molecule has 1 amide bonds. The van der Waals surface area contributed by atoms with Gasteiger partial charge in [0.15, 0.2) is 0 Å². The fraction of sp³-hybridized carbons (Fsp3) is 0.250. The number of fused-ring (bicyclic) bond motifs is 1. The number of nitrogens with zero attached hydrogens (tertiary/aromatic N) is 1. The number of carbonyl (C=O) groups is 1. The third-order valence-electron chi connectivity index (χ3n) is 4.12. The van der Waals surface area contributed by atoms with E-state index in [0.717, 1.165) is 16.9 Å². The van der Waals surface area contributed by atoms with E-state index in [-0.39, 0.29) is 11.9 Å². The van der Waals surface area contributed by atoms with Crippen LogP contribution in [0.3, 0.4) is 0 Å². The summed E-state index contributed by atoms with van der Waals surface area (Å²) in [5.41, 5.74) is 1.85. The lowest BCUT2D eigenvalue weighted by Gasteiger charge is -2.23. The maximum absolute atomic E-state index is 12.2. The van der Waals surface area contributed by atoms with Gasteiger partial charge in [-0.1, -0.05) is 23.7 Å². The molecule has 4 nitrogen and oxygen atoms in total. The number of hydrogen-bond acceptors (Lipinski definition) is 4. The SMILES string of the molecule is CN(C)C(CNC(=O)/C=C/C1=Cc2cc(Cl)ccc2OC1)c1cccs1. The minimum atomic E-state index is -0.119. The van der Waals surface area contributed by atoms with Crippen LogP contribution in [0.15, 0.2) is 53.4 Å². The van der Waals surface area contributed by atoms with Crippen LogP contribution < -0.4 is 10.1 Å². The molecule has 1 atom stereocenters. The highest BCUT2D eigenvalue weighted by Gasteiger charge is 2.15. The number of benzene rings is 1. The molecule has 0 aliphatic carbocycles. The van der Waals surface area contributed by atoms with Crippen molar-refractivity contribution in [1.29, 1.82) is 0 Å². The van der Waals surface area contributed by atoms with Crippen LogP contribution in [0, 0.1) is 0 Å². The highest BCUT2D eigenvalue weighted by atomic mass is 35.5. The first-order valence-corrected chi connectivity index (χ1v) is 9.57. The monoisotopic (exact) mass is 388 g/mol. The molecule has 2 aromatic rings. The Labute approximate surface area is 162 Å². The zero-order valence-corrected chi connectivity index (χ0v) is 16.3. The Morgan fingerprint density at radius 3 is 3.00 bits per heavy atom. The Kier molecular flexibility index (Phi) is 6.14. The highest BCUT2D eigenvalue weighted by Crippen LogP contribution is 2.29. The van der Waals surface area contributed by atoms with E-state index in [1.54, 1.807) is 29.6 Å². The molecule has 1 aromatic heterocycles. The molecule has 2 heterocycles. The molecular weight excluding hydrogens is 368 g/mol. The molecule has 26 heavy (non-hydrogen) atoms. The number of hydrogen-bond donors (Lipinski definition) is 1. The molecule has 1 unspecified atom stereocenters. The number of carbonyl (C=O) groups excluding carboxylic acids is 1. The molecule has 1 aliphatic heterocycles. The Morgan fingerprint density at radius 2 is 2.27 bits per heavy atom. The molecule has 0 bridgehead atoms. The first-order chi connectivity index (χ1) is 12.5. The van der Waals surface area contributed by atoms with Gasteiger partial charge in [0.2, 0.25) is 5.91 Å². The van der Waals surface area contributed by atoms with Crippen LogP contribution in [-0.2, 0) is 4.79 Å². The van der Waals surface area contributed by atoms with E-state index in [1.807, 2.05) is 43.8 Å². The number of halogens is 1. The van der Waals surface area contributed by atoms with Crippen LogP contribution in [0.2, 0.25) is 5.02 Å². The number of ether oxygens (including phenoxy) is 1. The fourth-order valence-electron chi connectivity index (χ4n) is 2.72. The van der Waals surface area contributed by atoms with Crippen LogP contribution in [0.5, 0.6) is 5.75 Å². The van der Waals surface area contributed by atoms with Crippen molar-refractivity contribution in [2.45, 2.75) is 6.04 Å². The van der Waals surface area contributed by atoms with Gasteiger partial charge in [0, 0.05) is 28.1 Å². The van der Waals surface area contributed by atoms with E-state index in [4.69, 9.17) is 16.3 Å². The molecule has 6 heteroatoms. The van der Waals surface area contributed by atoms with Crippen LogP contribution in [-0.4, -0.2) is 38.1 Å². The highest BCUT2D eigenvalue weighted by molar-refractivity contribution is 7.10. The smallest absolute Gasteiger partial charge is 0.244 e. The van der Waals surface area contributed by atoms with Crippen molar-refractivity contribution in [1.82, 2.24) is 10.2 Å². The summed E-state index contributed by atoms with van der Waals surface area (Å²) in [6.45, 7) is 0.999. The number of thiophene rings is 1. The van der Waals surface area contributed by atoms with Crippen molar-refractivity contribution in [3.05, 3.63) is 68.9 Å². The minimum absolute atomic E-state index is 0.119. The summed E-state index contributed by atoms with van der Waals surface area (Å²) in [7, 11) is 4.03. The molecule has 3 rings (SSSR count). The van der Waals surface area contributed by atoms with Gasteiger partial charge in [-0.15, -0.1) is 11.3 Å². The van der Waals surface area contributed by atoms with Crippen LogP contribution in [0.25, 0.3) is 6.08 Å². The van der Waals surface area contributed by atoms with Gasteiger partial charge in [-0.25, -0.2) is 0 Å². The summed E-state index contributed by atoms with van der Waals surface area (Å²) in [4.78, 5) is 15.5.